The van der Waals surface area contributed by atoms with Crippen molar-refractivity contribution in [3.63, 3.8) is 0 Å². The van der Waals surface area contributed by atoms with Crippen LogP contribution in [-0.2, 0) is 4.79 Å². The van der Waals surface area contributed by atoms with Crippen molar-refractivity contribution in [3.05, 3.63) is 0 Å². The minimum Gasteiger partial charge on any atom is -0.481 e. The third-order valence-corrected chi connectivity index (χ3v) is 2.89. The monoisotopic (exact) mass is 259 g/mol. The van der Waals surface area contributed by atoms with Crippen molar-refractivity contribution < 1.29 is 23.1 Å². The lowest BCUT2D eigenvalue weighted by atomic mass is 10.1. The van der Waals surface area contributed by atoms with Crippen LogP contribution in [0.5, 0.6) is 0 Å². The molecule has 96 valence electrons. The van der Waals surface area contributed by atoms with E-state index in [4.69, 9.17) is 5.11 Å². The van der Waals surface area contributed by atoms with Gasteiger partial charge in [-0.2, -0.15) is 24.9 Å². The lowest BCUT2D eigenvalue weighted by Crippen LogP contribution is -2.40. The number of hydrogen-bond donors (Lipinski definition) is 2. The van der Waals surface area contributed by atoms with Gasteiger partial charge in [-0.1, -0.05) is 6.92 Å². The molecule has 0 rings (SSSR count). The molecule has 2 atom stereocenters. The SMILES string of the molecule is CSCC(C)CNCC(C(=O)O)C(F)(F)F. The van der Waals surface area contributed by atoms with Crippen LogP contribution in [0, 0.1) is 11.8 Å². The van der Waals surface area contributed by atoms with Crippen LogP contribution in [0.15, 0.2) is 0 Å². The van der Waals surface area contributed by atoms with Crippen LogP contribution >= 0.6 is 11.8 Å². The second kappa shape index (κ2) is 7.01. The van der Waals surface area contributed by atoms with E-state index >= 15 is 0 Å². The molecule has 0 spiro atoms. The Bertz CT molecular complexity index is 223. The Morgan fingerprint density at radius 1 is 1.44 bits per heavy atom. The van der Waals surface area contributed by atoms with Gasteiger partial charge in [-0.25, -0.2) is 0 Å². The highest BCUT2D eigenvalue weighted by atomic mass is 32.2. The lowest BCUT2D eigenvalue weighted by molar-refractivity contribution is -0.192. The third-order valence-electron chi connectivity index (χ3n) is 1.99. The Morgan fingerprint density at radius 2 is 2.00 bits per heavy atom. The number of carbonyl (C=O) groups is 1. The Balaban J connectivity index is 4.00. The maximum atomic E-state index is 12.2. The molecular weight excluding hydrogens is 243 g/mol. The number of alkyl halides is 3. The van der Waals surface area contributed by atoms with Gasteiger partial charge >= 0.3 is 12.1 Å². The number of nitrogens with one attached hydrogen (secondary N) is 1. The van der Waals surface area contributed by atoms with Gasteiger partial charge in [-0.05, 0) is 24.5 Å². The van der Waals surface area contributed by atoms with Gasteiger partial charge in [-0.15, -0.1) is 0 Å². The maximum Gasteiger partial charge on any atom is 0.403 e. The van der Waals surface area contributed by atoms with Gasteiger partial charge in [0.1, 0.15) is 0 Å². The average Bonchev–Trinajstić information content (AvgIpc) is 2.10. The molecule has 0 heterocycles. The highest BCUT2D eigenvalue weighted by Gasteiger charge is 2.44. The zero-order valence-corrected chi connectivity index (χ0v) is 9.99. The number of carboxylic acid groups (broad SMARTS) is 1. The molecule has 0 saturated heterocycles. The fraction of sp³-hybridized carbons (Fsp3) is 0.889. The van der Waals surface area contributed by atoms with Gasteiger partial charge in [0.25, 0.3) is 0 Å². The Kier molecular flexibility index (Phi) is 6.82. The summed E-state index contributed by atoms with van der Waals surface area (Å²) in [5, 5.41) is 11.0. The van der Waals surface area contributed by atoms with Crippen LogP contribution < -0.4 is 5.32 Å². The molecule has 0 aliphatic rings. The van der Waals surface area contributed by atoms with E-state index in [1.54, 1.807) is 11.8 Å². The fourth-order valence-corrected chi connectivity index (χ4v) is 1.85. The van der Waals surface area contributed by atoms with E-state index < -0.39 is 24.6 Å². The summed E-state index contributed by atoms with van der Waals surface area (Å²) < 4.78 is 36.7. The summed E-state index contributed by atoms with van der Waals surface area (Å²) in [5.41, 5.74) is 0. The van der Waals surface area contributed by atoms with Crippen molar-refractivity contribution in [2.75, 3.05) is 25.1 Å². The normalized spacial score (nSPS) is 15.8. The Labute approximate surface area is 96.8 Å². The molecule has 0 aromatic heterocycles. The smallest absolute Gasteiger partial charge is 0.403 e. The van der Waals surface area contributed by atoms with Crippen LogP contribution in [0.3, 0.4) is 0 Å². The van der Waals surface area contributed by atoms with Crippen molar-refractivity contribution in [1.82, 2.24) is 5.32 Å². The highest BCUT2D eigenvalue weighted by Crippen LogP contribution is 2.25. The molecule has 2 unspecified atom stereocenters. The van der Waals surface area contributed by atoms with Crippen LogP contribution in [0.4, 0.5) is 13.2 Å². The highest BCUT2D eigenvalue weighted by molar-refractivity contribution is 7.98. The summed E-state index contributed by atoms with van der Waals surface area (Å²) in [6.07, 6.45) is -2.78. The zero-order chi connectivity index (χ0) is 12.8. The van der Waals surface area contributed by atoms with E-state index in [9.17, 15) is 18.0 Å². The van der Waals surface area contributed by atoms with Gasteiger partial charge in [0.05, 0.1) is 0 Å². The first-order valence-electron chi connectivity index (χ1n) is 4.78. The van der Waals surface area contributed by atoms with Crippen molar-refractivity contribution in [3.8, 4) is 0 Å². The number of aliphatic carboxylic acids is 1. The molecule has 7 heteroatoms. The maximum absolute atomic E-state index is 12.2. The van der Waals surface area contributed by atoms with Crippen molar-refractivity contribution in [1.29, 1.82) is 0 Å². The fourth-order valence-electron chi connectivity index (χ4n) is 1.16. The molecule has 0 aromatic rings. The molecule has 0 radical (unpaired) electrons. The molecule has 16 heavy (non-hydrogen) atoms. The van der Waals surface area contributed by atoms with Gasteiger partial charge in [0.2, 0.25) is 0 Å². The van der Waals surface area contributed by atoms with Crippen molar-refractivity contribution >= 4 is 17.7 Å². The zero-order valence-electron chi connectivity index (χ0n) is 9.17. The standard InChI is InChI=1S/C9H16F3NO2S/c1-6(5-16-2)3-13-4-7(8(14)15)9(10,11)12/h6-7,13H,3-5H2,1-2H3,(H,14,15). The molecule has 2 N–H and O–H groups in total. The predicted molar refractivity (Wildman–Crippen MR) is 57.6 cm³/mol. The number of halogens is 3. The minimum atomic E-state index is -4.69. The van der Waals surface area contributed by atoms with Gasteiger partial charge < -0.3 is 10.4 Å². The molecule has 0 saturated carbocycles. The lowest BCUT2D eigenvalue weighted by Gasteiger charge is -2.18. The Hall–Kier alpha value is -0.430. The summed E-state index contributed by atoms with van der Waals surface area (Å²) >= 11 is 1.60. The minimum absolute atomic E-state index is 0.220. The number of thioether (sulfide) groups is 1. The molecule has 0 aliphatic carbocycles. The largest absolute Gasteiger partial charge is 0.481 e. The molecular formula is C9H16F3NO2S. The summed E-state index contributed by atoms with van der Waals surface area (Å²) in [5.74, 6) is -3.11. The molecule has 3 nitrogen and oxygen atoms in total. The van der Waals surface area contributed by atoms with E-state index in [2.05, 4.69) is 5.32 Å². The quantitative estimate of drug-likeness (QED) is 0.732. The van der Waals surface area contributed by atoms with Crippen LogP contribution in [0.1, 0.15) is 6.92 Å². The molecule has 0 fully saturated rings. The van der Waals surface area contributed by atoms with Gasteiger partial charge in [-0.3, -0.25) is 4.79 Å². The molecule has 0 aromatic carbocycles. The Morgan fingerprint density at radius 3 is 2.38 bits per heavy atom. The summed E-state index contributed by atoms with van der Waals surface area (Å²) in [6, 6.07) is 0. The number of rotatable bonds is 7. The van der Waals surface area contributed by atoms with Crippen LogP contribution in [0.2, 0.25) is 0 Å². The summed E-state index contributed by atoms with van der Waals surface area (Å²) in [7, 11) is 0. The summed E-state index contributed by atoms with van der Waals surface area (Å²) in [6.45, 7) is 1.71. The van der Waals surface area contributed by atoms with Crippen LogP contribution in [0.25, 0.3) is 0 Å². The average molecular weight is 259 g/mol. The van der Waals surface area contributed by atoms with Crippen LogP contribution in [-0.4, -0.2) is 42.4 Å². The molecule has 0 bridgehead atoms. The molecule has 0 amide bonds. The topological polar surface area (TPSA) is 49.3 Å². The van der Waals surface area contributed by atoms with Gasteiger partial charge in [0, 0.05) is 6.54 Å². The second-order valence-corrected chi connectivity index (χ2v) is 4.56. The van der Waals surface area contributed by atoms with E-state index in [0.29, 0.717) is 6.54 Å². The van der Waals surface area contributed by atoms with Crippen molar-refractivity contribution in [2.45, 2.75) is 13.1 Å². The predicted octanol–water partition coefficient (Wildman–Crippen LogP) is 1.84. The first-order chi connectivity index (χ1) is 7.29. The van der Waals surface area contributed by atoms with E-state index in [1.807, 2.05) is 13.2 Å². The van der Waals surface area contributed by atoms with Crippen molar-refractivity contribution in [2.24, 2.45) is 11.8 Å². The number of carboxylic acids is 1. The number of hydrogen-bond acceptors (Lipinski definition) is 3. The summed E-state index contributed by atoms with van der Waals surface area (Å²) in [4.78, 5) is 10.4. The van der Waals surface area contributed by atoms with E-state index in [-0.39, 0.29) is 5.92 Å². The first kappa shape index (κ1) is 15.6. The first-order valence-corrected chi connectivity index (χ1v) is 6.17. The molecule has 0 aliphatic heterocycles. The third kappa shape index (κ3) is 6.22. The van der Waals surface area contributed by atoms with E-state index in [1.165, 1.54) is 0 Å². The van der Waals surface area contributed by atoms with E-state index in [0.717, 1.165) is 5.75 Å². The van der Waals surface area contributed by atoms with Gasteiger partial charge in [0.15, 0.2) is 5.92 Å². The second-order valence-electron chi connectivity index (χ2n) is 3.65.